The van der Waals surface area contributed by atoms with Crippen molar-refractivity contribution in [2.45, 2.75) is 26.7 Å². The zero-order valence-electron chi connectivity index (χ0n) is 16.5. The van der Waals surface area contributed by atoms with E-state index in [1.807, 2.05) is 64.7 Å². The summed E-state index contributed by atoms with van der Waals surface area (Å²) in [4.78, 5) is 28.5. The molecule has 0 bridgehead atoms. The third-order valence-corrected chi connectivity index (χ3v) is 5.57. The summed E-state index contributed by atoms with van der Waals surface area (Å²) in [5.41, 5.74) is 3.88. The van der Waals surface area contributed by atoms with Crippen molar-refractivity contribution in [2.75, 3.05) is 26.2 Å². The second kappa shape index (κ2) is 7.62. The summed E-state index contributed by atoms with van der Waals surface area (Å²) in [6, 6.07) is 9.98. The van der Waals surface area contributed by atoms with Gasteiger partial charge in [0.05, 0.1) is 11.4 Å². The van der Waals surface area contributed by atoms with Crippen LogP contribution >= 0.6 is 0 Å². The number of amides is 2. The van der Waals surface area contributed by atoms with E-state index in [1.165, 1.54) is 0 Å². The molecule has 1 saturated carbocycles. The number of hydrogen-bond acceptors (Lipinski definition) is 3. The molecule has 1 aliphatic carbocycles. The molecule has 1 aromatic carbocycles. The van der Waals surface area contributed by atoms with Crippen LogP contribution in [0, 0.1) is 19.8 Å². The van der Waals surface area contributed by atoms with Crippen LogP contribution in [-0.2, 0) is 9.59 Å². The number of carbonyl (C=O) groups excluding carboxylic acids is 2. The molecular formula is C22H26N4O2. The Morgan fingerprint density at radius 3 is 2.29 bits per heavy atom. The van der Waals surface area contributed by atoms with Gasteiger partial charge in [0, 0.05) is 49.4 Å². The average molecular weight is 378 g/mol. The Bertz CT molecular complexity index is 904. The van der Waals surface area contributed by atoms with Gasteiger partial charge in [-0.1, -0.05) is 18.2 Å². The number of hydrogen-bond donors (Lipinski definition) is 0. The first-order valence-electron chi connectivity index (χ1n) is 9.92. The molecule has 1 saturated heterocycles. The lowest BCUT2D eigenvalue weighted by atomic mass is 10.1. The van der Waals surface area contributed by atoms with E-state index in [9.17, 15) is 9.59 Å². The fraction of sp³-hybridized carbons (Fsp3) is 0.409. The van der Waals surface area contributed by atoms with Crippen molar-refractivity contribution in [3.8, 4) is 5.69 Å². The molecule has 0 spiro atoms. The molecule has 146 valence electrons. The number of benzene rings is 1. The highest BCUT2D eigenvalue weighted by molar-refractivity contribution is 5.92. The zero-order valence-corrected chi connectivity index (χ0v) is 16.5. The number of aryl methyl sites for hydroxylation is 1. The Hall–Kier alpha value is -2.89. The van der Waals surface area contributed by atoms with Crippen LogP contribution in [-0.4, -0.2) is 57.6 Å². The van der Waals surface area contributed by atoms with Gasteiger partial charge in [-0.15, -0.1) is 0 Å². The van der Waals surface area contributed by atoms with Gasteiger partial charge in [0.25, 0.3) is 0 Å². The molecule has 2 amide bonds. The summed E-state index contributed by atoms with van der Waals surface area (Å²) in [5, 5.41) is 4.62. The van der Waals surface area contributed by atoms with E-state index in [2.05, 4.69) is 5.10 Å². The van der Waals surface area contributed by atoms with Crippen LogP contribution in [0.5, 0.6) is 0 Å². The van der Waals surface area contributed by atoms with E-state index < -0.39 is 0 Å². The fourth-order valence-electron chi connectivity index (χ4n) is 3.71. The number of aromatic nitrogens is 2. The lowest BCUT2D eigenvalue weighted by Crippen LogP contribution is -2.50. The molecule has 2 aliphatic rings. The summed E-state index contributed by atoms with van der Waals surface area (Å²) in [6.07, 6.45) is 5.54. The van der Waals surface area contributed by atoms with Crippen LogP contribution in [0.15, 0.2) is 36.4 Å². The summed E-state index contributed by atoms with van der Waals surface area (Å²) in [6.45, 7) is 6.45. The SMILES string of the molecule is Cc1nn(-c2ccccc2)c(C)c1/C=C/C(=O)N1CCN(C(=O)C2CC2)CC1. The van der Waals surface area contributed by atoms with Crippen LogP contribution in [0.3, 0.4) is 0 Å². The maximum Gasteiger partial charge on any atom is 0.246 e. The summed E-state index contributed by atoms with van der Waals surface area (Å²) in [7, 11) is 0. The maximum absolute atomic E-state index is 12.6. The van der Waals surface area contributed by atoms with Crippen molar-refractivity contribution >= 4 is 17.9 Å². The standard InChI is InChI=1S/C22H26N4O2/c1-16-20(17(2)26(23-16)19-6-4-3-5-7-19)10-11-21(27)24-12-14-25(15-13-24)22(28)18-8-9-18/h3-7,10-11,18H,8-9,12-15H2,1-2H3/b11-10+. The third-order valence-electron chi connectivity index (χ3n) is 5.57. The number of rotatable bonds is 4. The van der Waals surface area contributed by atoms with Crippen molar-refractivity contribution in [1.29, 1.82) is 0 Å². The topological polar surface area (TPSA) is 58.4 Å². The molecule has 6 heteroatoms. The lowest BCUT2D eigenvalue weighted by molar-refractivity contribution is -0.138. The van der Waals surface area contributed by atoms with E-state index >= 15 is 0 Å². The van der Waals surface area contributed by atoms with Gasteiger partial charge in [0.15, 0.2) is 0 Å². The van der Waals surface area contributed by atoms with Gasteiger partial charge in [-0.3, -0.25) is 9.59 Å². The van der Waals surface area contributed by atoms with Crippen LogP contribution in [0.2, 0.25) is 0 Å². The predicted octanol–water partition coefficient (Wildman–Crippen LogP) is 2.58. The Morgan fingerprint density at radius 1 is 1.00 bits per heavy atom. The Morgan fingerprint density at radius 2 is 1.64 bits per heavy atom. The zero-order chi connectivity index (χ0) is 19.7. The molecule has 4 rings (SSSR count). The van der Waals surface area contributed by atoms with Gasteiger partial charge in [-0.05, 0) is 44.9 Å². The van der Waals surface area contributed by atoms with Crippen LogP contribution < -0.4 is 0 Å². The summed E-state index contributed by atoms with van der Waals surface area (Å²) < 4.78 is 1.90. The van der Waals surface area contributed by atoms with Gasteiger partial charge in [-0.2, -0.15) is 5.10 Å². The second-order valence-electron chi connectivity index (χ2n) is 7.59. The van der Waals surface area contributed by atoms with Crippen molar-refractivity contribution < 1.29 is 9.59 Å². The fourth-order valence-corrected chi connectivity index (χ4v) is 3.71. The smallest absolute Gasteiger partial charge is 0.246 e. The van der Waals surface area contributed by atoms with E-state index in [0.29, 0.717) is 26.2 Å². The Balaban J connectivity index is 1.41. The second-order valence-corrected chi connectivity index (χ2v) is 7.59. The predicted molar refractivity (Wildman–Crippen MR) is 108 cm³/mol. The molecule has 0 radical (unpaired) electrons. The highest BCUT2D eigenvalue weighted by Gasteiger charge is 2.34. The largest absolute Gasteiger partial charge is 0.339 e. The van der Waals surface area contributed by atoms with Crippen molar-refractivity contribution in [1.82, 2.24) is 19.6 Å². The van der Waals surface area contributed by atoms with Crippen LogP contribution in [0.1, 0.15) is 29.8 Å². The van der Waals surface area contributed by atoms with E-state index in [4.69, 9.17) is 0 Å². The molecule has 1 aromatic heterocycles. The summed E-state index contributed by atoms with van der Waals surface area (Å²) in [5.74, 6) is 0.501. The van der Waals surface area contributed by atoms with Crippen LogP contribution in [0.25, 0.3) is 11.8 Å². The first-order chi connectivity index (χ1) is 13.5. The van der Waals surface area contributed by atoms with Gasteiger partial charge < -0.3 is 9.80 Å². The molecular weight excluding hydrogens is 352 g/mol. The molecule has 1 aliphatic heterocycles. The first-order valence-corrected chi connectivity index (χ1v) is 9.92. The van der Waals surface area contributed by atoms with E-state index in [-0.39, 0.29) is 17.7 Å². The van der Waals surface area contributed by atoms with Crippen molar-refractivity contribution in [2.24, 2.45) is 5.92 Å². The molecule has 0 unspecified atom stereocenters. The normalized spacial score (nSPS) is 17.4. The Labute approximate surface area is 165 Å². The number of piperazine rings is 1. The van der Waals surface area contributed by atoms with Gasteiger partial charge >= 0.3 is 0 Å². The minimum atomic E-state index is -0.00946. The molecule has 2 fully saturated rings. The van der Waals surface area contributed by atoms with E-state index in [1.54, 1.807) is 6.08 Å². The van der Waals surface area contributed by atoms with Gasteiger partial charge in [0.1, 0.15) is 0 Å². The molecule has 2 aromatic rings. The Kier molecular flexibility index (Phi) is 5.03. The highest BCUT2D eigenvalue weighted by Crippen LogP contribution is 2.31. The maximum atomic E-state index is 12.6. The van der Waals surface area contributed by atoms with Crippen molar-refractivity contribution in [3.05, 3.63) is 53.4 Å². The number of nitrogens with zero attached hydrogens (tertiary/aromatic N) is 4. The molecule has 6 nitrogen and oxygen atoms in total. The number of para-hydroxylation sites is 1. The minimum absolute atomic E-state index is 0.00946. The lowest BCUT2D eigenvalue weighted by Gasteiger charge is -2.34. The number of carbonyl (C=O) groups is 2. The molecule has 0 atom stereocenters. The highest BCUT2D eigenvalue weighted by atomic mass is 16.2. The molecule has 0 N–H and O–H groups in total. The average Bonchev–Trinajstić information content (AvgIpc) is 3.53. The summed E-state index contributed by atoms with van der Waals surface area (Å²) >= 11 is 0. The van der Waals surface area contributed by atoms with Gasteiger partial charge in [-0.25, -0.2) is 4.68 Å². The van der Waals surface area contributed by atoms with Gasteiger partial charge in [0.2, 0.25) is 11.8 Å². The molecule has 2 heterocycles. The van der Waals surface area contributed by atoms with E-state index in [0.717, 1.165) is 35.5 Å². The third kappa shape index (κ3) is 3.72. The van der Waals surface area contributed by atoms with Crippen molar-refractivity contribution in [3.63, 3.8) is 0 Å². The minimum Gasteiger partial charge on any atom is -0.339 e. The quantitative estimate of drug-likeness (QED) is 0.769. The molecule has 28 heavy (non-hydrogen) atoms. The first kappa shape index (κ1) is 18.5. The monoisotopic (exact) mass is 378 g/mol. The van der Waals surface area contributed by atoms with Crippen LogP contribution in [0.4, 0.5) is 0 Å².